The fourth-order valence-corrected chi connectivity index (χ4v) is 2.87. The van der Waals surface area contributed by atoms with Crippen LogP contribution in [-0.2, 0) is 9.47 Å². The van der Waals surface area contributed by atoms with Crippen LogP contribution in [-0.4, -0.2) is 71.1 Å². The Morgan fingerprint density at radius 3 is 2.96 bits per heavy atom. The fraction of sp³-hybridized carbons (Fsp3) is 0.632. The monoisotopic (exact) mass is 511 g/mol. The van der Waals surface area contributed by atoms with Gasteiger partial charge >= 0.3 is 0 Å². The van der Waals surface area contributed by atoms with Crippen molar-refractivity contribution >= 4 is 41.5 Å². The number of nitrogens with one attached hydrogen (secondary N) is 1. The lowest BCUT2D eigenvalue weighted by Gasteiger charge is -2.22. The number of aliphatic imine (C=N–C) groups is 1. The van der Waals surface area contributed by atoms with Gasteiger partial charge in [0.15, 0.2) is 5.96 Å². The number of rotatable bonds is 10. The zero-order chi connectivity index (χ0) is 18.6. The Labute approximate surface area is 184 Å². The van der Waals surface area contributed by atoms with Crippen LogP contribution >= 0.6 is 35.6 Å². The second-order valence-electron chi connectivity index (χ2n) is 6.36. The number of likely N-dealkylation sites (N-methyl/N-ethyl adjacent to an activating group) is 1. The minimum absolute atomic E-state index is 0. The molecule has 154 valence electrons. The molecule has 0 spiro atoms. The van der Waals surface area contributed by atoms with E-state index in [0.29, 0.717) is 17.5 Å². The lowest BCUT2D eigenvalue weighted by molar-refractivity contribution is 0.0887. The van der Waals surface area contributed by atoms with Gasteiger partial charge in [-0.25, -0.2) is 0 Å². The van der Waals surface area contributed by atoms with Crippen LogP contribution in [0.3, 0.4) is 0 Å². The average molecular weight is 512 g/mol. The van der Waals surface area contributed by atoms with Gasteiger partial charge in [0, 0.05) is 44.8 Å². The number of hydrogen-bond donors (Lipinski definition) is 1. The summed E-state index contributed by atoms with van der Waals surface area (Å²) in [5.41, 5.74) is 0. The molecule has 1 aliphatic heterocycles. The molecule has 0 radical (unpaired) electrons. The first-order valence-electron chi connectivity index (χ1n) is 9.14. The number of nitrogens with zero attached hydrogens (tertiary/aromatic N) is 2. The van der Waals surface area contributed by atoms with E-state index in [1.54, 1.807) is 7.05 Å². The Bertz CT molecular complexity index is 557. The van der Waals surface area contributed by atoms with Crippen molar-refractivity contribution in [2.75, 3.05) is 60.2 Å². The minimum Gasteiger partial charge on any atom is -0.492 e. The Morgan fingerprint density at radius 1 is 1.41 bits per heavy atom. The summed E-state index contributed by atoms with van der Waals surface area (Å²) >= 11 is 5.95. The molecule has 8 heteroatoms. The SMILES string of the molecule is CN=C(NCCCOCC1CCOC1)N(C)CCOc1cccc(Cl)c1.I. The van der Waals surface area contributed by atoms with Gasteiger partial charge < -0.3 is 24.4 Å². The maximum absolute atomic E-state index is 5.95. The Kier molecular flexibility index (Phi) is 12.8. The summed E-state index contributed by atoms with van der Waals surface area (Å²) < 4.78 is 16.8. The van der Waals surface area contributed by atoms with Crippen LogP contribution < -0.4 is 10.1 Å². The number of hydrogen-bond acceptors (Lipinski definition) is 4. The van der Waals surface area contributed by atoms with E-state index in [-0.39, 0.29) is 24.0 Å². The average Bonchev–Trinajstić information content (AvgIpc) is 3.14. The van der Waals surface area contributed by atoms with Crippen LogP contribution in [0, 0.1) is 5.92 Å². The van der Waals surface area contributed by atoms with Gasteiger partial charge in [0.2, 0.25) is 0 Å². The highest BCUT2D eigenvalue weighted by atomic mass is 127. The molecule has 2 rings (SSSR count). The zero-order valence-electron chi connectivity index (χ0n) is 16.2. The summed E-state index contributed by atoms with van der Waals surface area (Å²) in [5, 5.41) is 4.03. The van der Waals surface area contributed by atoms with Crippen LogP contribution in [0.4, 0.5) is 0 Å². The third kappa shape index (κ3) is 9.82. The molecule has 1 N–H and O–H groups in total. The van der Waals surface area contributed by atoms with Crippen LogP contribution in [0.2, 0.25) is 5.02 Å². The number of benzene rings is 1. The van der Waals surface area contributed by atoms with E-state index < -0.39 is 0 Å². The summed E-state index contributed by atoms with van der Waals surface area (Å²) in [6, 6.07) is 7.42. The summed E-state index contributed by atoms with van der Waals surface area (Å²) in [4.78, 5) is 6.35. The quantitative estimate of drug-likeness (QED) is 0.226. The normalized spacial score (nSPS) is 16.7. The highest BCUT2D eigenvalue weighted by molar-refractivity contribution is 14.0. The van der Waals surface area contributed by atoms with E-state index in [0.717, 1.165) is 64.1 Å². The van der Waals surface area contributed by atoms with Crippen molar-refractivity contribution in [3.63, 3.8) is 0 Å². The smallest absolute Gasteiger partial charge is 0.193 e. The van der Waals surface area contributed by atoms with Crippen LogP contribution in [0.1, 0.15) is 12.8 Å². The molecule has 6 nitrogen and oxygen atoms in total. The molecule has 0 bridgehead atoms. The van der Waals surface area contributed by atoms with Crippen molar-refractivity contribution in [1.29, 1.82) is 0 Å². The zero-order valence-corrected chi connectivity index (χ0v) is 19.2. The van der Waals surface area contributed by atoms with Crippen molar-refractivity contribution < 1.29 is 14.2 Å². The predicted molar refractivity (Wildman–Crippen MR) is 121 cm³/mol. The first kappa shape index (κ1) is 24.3. The number of ether oxygens (including phenoxy) is 3. The van der Waals surface area contributed by atoms with E-state index in [1.807, 2.05) is 36.2 Å². The van der Waals surface area contributed by atoms with E-state index >= 15 is 0 Å². The third-order valence-corrected chi connectivity index (χ3v) is 4.43. The molecule has 1 aromatic carbocycles. The molecule has 1 unspecified atom stereocenters. The van der Waals surface area contributed by atoms with Gasteiger partial charge in [-0.15, -0.1) is 24.0 Å². The molecular weight excluding hydrogens is 481 g/mol. The first-order valence-corrected chi connectivity index (χ1v) is 9.52. The van der Waals surface area contributed by atoms with E-state index in [1.165, 1.54) is 0 Å². The standard InChI is InChI=1S/C19H30ClN3O3.HI/c1-21-19(22-8-4-10-24-14-16-7-11-25-15-16)23(2)9-12-26-18-6-3-5-17(20)13-18;/h3,5-6,13,16H,4,7-12,14-15H2,1-2H3,(H,21,22);1H. The van der Waals surface area contributed by atoms with Crippen molar-refractivity contribution in [1.82, 2.24) is 10.2 Å². The first-order chi connectivity index (χ1) is 12.7. The predicted octanol–water partition coefficient (Wildman–Crippen LogP) is 3.29. The molecule has 1 heterocycles. The molecule has 1 aliphatic rings. The molecular formula is C19H31ClIN3O3. The third-order valence-electron chi connectivity index (χ3n) is 4.19. The number of halogens is 2. The van der Waals surface area contributed by atoms with Gasteiger partial charge in [-0.1, -0.05) is 17.7 Å². The van der Waals surface area contributed by atoms with Crippen LogP contribution in [0.15, 0.2) is 29.3 Å². The van der Waals surface area contributed by atoms with Gasteiger partial charge in [0.1, 0.15) is 12.4 Å². The second kappa shape index (κ2) is 14.3. The van der Waals surface area contributed by atoms with Gasteiger partial charge in [0.05, 0.1) is 19.8 Å². The van der Waals surface area contributed by atoms with Gasteiger partial charge in [-0.05, 0) is 31.0 Å². The van der Waals surface area contributed by atoms with Crippen molar-refractivity contribution in [2.24, 2.45) is 10.9 Å². The van der Waals surface area contributed by atoms with Crippen molar-refractivity contribution in [3.05, 3.63) is 29.3 Å². The Balaban J connectivity index is 0.00000364. The lowest BCUT2D eigenvalue weighted by Crippen LogP contribution is -2.41. The van der Waals surface area contributed by atoms with E-state index in [9.17, 15) is 0 Å². The maximum atomic E-state index is 5.95. The van der Waals surface area contributed by atoms with Crippen LogP contribution in [0.25, 0.3) is 0 Å². The molecule has 1 fully saturated rings. The Morgan fingerprint density at radius 2 is 2.26 bits per heavy atom. The molecule has 1 saturated heterocycles. The lowest BCUT2D eigenvalue weighted by atomic mass is 10.1. The number of guanidine groups is 1. The highest BCUT2D eigenvalue weighted by Crippen LogP contribution is 2.16. The molecule has 0 saturated carbocycles. The van der Waals surface area contributed by atoms with Crippen molar-refractivity contribution in [2.45, 2.75) is 12.8 Å². The fourth-order valence-electron chi connectivity index (χ4n) is 2.69. The molecule has 1 atom stereocenters. The second-order valence-corrected chi connectivity index (χ2v) is 6.80. The van der Waals surface area contributed by atoms with Gasteiger partial charge in [-0.2, -0.15) is 0 Å². The van der Waals surface area contributed by atoms with Crippen molar-refractivity contribution in [3.8, 4) is 5.75 Å². The van der Waals surface area contributed by atoms with Gasteiger partial charge in [0.25, 0.3) is 0 Å². The molecule has 0 aliphatic carbocycles. The summed E-state index contributed by atoms with van der Waals surface area (Å²) in [7, 11) is 3.78. The largest absolute Gasteiger partial charge is 0.492 e. The van der Waals surface area contributed by atoms with E-state index in [2.05, 4.69) is 10.3 Å². The highest BCUT2D eigenvalue weighted by Gasteiger charge is 2.15. The topological polar surface area (TPSA) is 55.3 Å². The summed E-state index contributed by atoms with van der Waals surface area (Å²) in [6.07, 6.45) is 2.06. The Hall–Kier alpha value is -0.770. The molecule has 27 heavy (non-hydrogen) atoms. The van der Waals surface area contributed by atoms with E-state index in [4.69, 9.17) is 25.8 Å². The molecule has 0 aromatic heterocycles. The summed E-state index contributed by atoms with van der Waals surface area (Å²) in [6.45, 7) is 5.38. The minimum atomic E-state index is 0. The molecule has 0 amide bonds. The van der Waals surface area contributed by atoms with Crippen LogP contribution in [0.5, 0.6) is 5.75 Å². The summed E-state index contributed by atoms with van der Waals surface area (Å²) in [5.74, 6) is 2.20. The van der Waals surface area contributed by atoms with Gasteiger partial charge in [-0.3, -0.25) is 4.99 Å². The molecule has 1 aromatic rings. The maximum Gasteiger partial charge on any atom is 0.193 e.